The molecule has 4 N–H and O–H groups in total. The average molecular weight is 468 g/mol. The lowest BCUT2D eigenvalue weighted by atomic mass is 10.1. The Morgan fingerprint density at radius 3 is 2.59 bits per heavy atom. The lowest BCUT2D eigenvalue weighted by Gasteiger charge is -2.29. The molecule has 9 heteroatoms. The summed E-state index contributed by atoms with van der Waals surface area (Å²) in [4.78, 5) is 32.5. The number of benzene rings is 2. The first-order chi connectivity index (χ1) is 16.3. The Bertz CT molecular complexity index is 1020. The highest BCUT2D eigenvalue weighted by Crippen LogP contribution is 2.35. The van der Waals surface area contributed by atoms with Gasteiger partial charge in [0, 0.05) is 24.3 Å². The fourth-order valence-electron chi connectivity index (χ4n) is 3.64. The van der Waals surface area contributed by atoms with Gasteiger partial charge in [-0.25, -0.2) is 4.99 Å². The number of rotatable bonds is 10. The number of carbonyl (C=O) groups excluding carboxylic acids is 2. The number of nitrogens with zero attached hydrogens (tertiary/aromatic N) is 3. The summed E-state index contributed by atoms with van der Waals surface area (Å²) < 4.78 is 5.80. The molecule has 1 heterocycles. The maximum Gasteiger partial charge on any atom is 0.267 e. The molecule has 1 atom stereocenters. The van der Waals surface area contributed by atoms with Crippen molar-refractivity contribution in [2.24, 2.45) is 16.6 Å². The monoisotopic (exact) mass is 467 g/mol. The van der Waals surface area contributed by atoms with Crippen molar-refractivity contribution < 1.29 is 19.4 Å². The number of nitrogens with one attached hydrogen (secondary N) is 1. The number of aliphatic hydroxyl groups excluding tert-OH is 1. The van der Waals surface area contributed by atoms with Crippen molar-refractivity contribution in [3.05, 3.63) is 54.1 Å². The van der Waals surface area contributed by atoms with Gasteiger partial charge in [-0.2, -0.15) is 0 Å². The second kappa shape index (κ2) is 11.5. The molecule has 0 aliphatic carbocycles. The molecule has 182 valence electrons. The smallest absolute Gasteiger partial charge is 0.267 e. The van der Waals surface area contributed by atoms with E-state index in [1.165, 1.54) is 11.8 Å². The van der Waals surface area contributed by atoms with Gasteiger partial charge in [0.1, 0.15) is 17.7 Å². The van der Waals surface area contributed by atoms with Gasteiger partial charge >= 0.3 is 0 Å². The second-order valence-electron chi connectivity index (χ2n) is 8.64. The zero-order valence-electron chi connectivity index (χ0n) is 19.9. The largest absolute Gasteiger partial charge is 0.481 e. The first-order valence-electron chi connectivity index (χ1n) is 11.4. The van der Waals surface area contributed by atoms with Crippen molar-refractivity contribution in [3.63, 3.8) is 0 Å². The SMILES string of the molecule is CC(C)CCNC(=O)CN1Cc2cccc(OCC(=O)N(c3ccccc3)C(C)O)c2N=C1N. The lowest BCUT2D eigenvalue weighted by molar-refractivity contribution is -0.122. The third kappa shape index (κ3) is 6.48. The molecule has 0 spiro atoms. The average Bonchev–Trinajstić information content (AvgIpc) is 2.78. The van der Waals surface area contributed by atoms with Crippen molar-refractivity contribution in [2.45, 2.75) is 40.0 Å². The minimum absolute atomic E-state index is 0.108. The van der Waals surface area contributed by atoms with Gasteiger partial charge in [0.05, 0.1) is 6.54 Å². The molecule has 2 aromatic rings. The van der Waals surface area contributed by atoms with Gasteiger partial charge < -0.3 is 25.8 Å². The summed E-state index contributed by atoms with van der Waals surface area (Å²) >= 11 is 0. The molecule has 1 unspecified atom stereocenters. The van der Waals surface area contributed by atoms with Crippen LogP contribution in [0.3, 0.4) is 0 Å². The summed E-state index contributed by atoms with van der Waals surface area (Å²) in [6.45, 7) is 6.58. The summed E-state index contributed by atoms with van der Waals surface area (Å²) in [6, 6.07) is 14.3. The molecule has 34 heavy (non-hydrogen) atoms. The highest BCUT2D eigenvalue weighted by molar-refractivity contribution is 5.95. The molecule has 0 fully saturated rings. The number of amides is 2. The summed E-state index contributed by atoms with van der Waals surface area (Å²) in [6.07, 6.45) is -0.106. The van der Waals surface area contributed by atoms with E-state index >= 15 is 0 Å². The van der Waals surface area contributed by atoms with Gasteiger partial charge in [-0.1, -0.05) is 44.2 Å². The number of guanidine groups is 1. The van der Waals surface area contributed by atoms with Gasteiger partial charge in [0.15, 0.2) is 12.6 Å². The van der Waals surface area contributed by atoms with E-state index in [-0.39, 0.29) is 25.0 Å². The predicted octanol–water partition coefficient (Wildman–Crippen LogP) is 2.36. The van der Waals surface area contributed by atoms with Gasteiger partial charge in [-0.15, -0.1) is 0 Å². The summed E-state index contributed by atoms with van der Waals surface area (Å²) in [5.41, 5.74) is 8.09. The molecular weight excluding hydrogens is 434 g/mol. The van der Waals surface area contributed by atoms with E-state index in [2.05, 4.69) is 24.2 Å². The van der Waals surface area contributed by atoms with Crippen LogP contribution in [0.25, 0.3) is 0 Å². The van der Waals surface area contributed by atoms with Gasteiger partial charge in [-0.05, 0) is 37.5 Å². The molecule has 9 nitrogen and oxygen atoms in total. The molecule has 0 radical (unpaired) electrons. The summed E-state index contributed by atoms with van der Waals surface area (Å²) in [7, 11) is 0. The van der Waals surface area contributed by atoms with E-state index in [4.69, 9.17) is 10.5 Å². The van der Waals surface area contributed by atoms with Crippen LogP contribution in [0.2, 0.25) is 0 Å². The number of anilines is 1. The number of hydrogen-bond donors (Lipinski definition) is 3. The zero-order valence-corrected chi connectivity index (χ0v) is 19.9. The van der Waals surface area contributed by atoms with Crippen LogP contribution in [0.5, 0.6) is 5.75 Å². The minimum Gasteiger partial charge on any atom is -0.481 e. The van der Waals surface area contributed by atoms with Crippen molar-refractivity contribution in [1.29, 1.82) is 0 Å². The molecular formula is C25H33N5O4. The summed E-state index contributed by atoms with van der Waals surface area (Å²) in [5, 5.41) is 13.0. The number of aliphatic imine (C=N–C) groups is 1. The Hall–Kier alpha value is -3.59. The highest BCUT2D eigenvalue weighted by atomic mass is 16.5. The molecule has 1 aliphatic rings. The molecule has 2 amide bonds. The van der Waals surface area contributed by atoms with Crippen molar-refractivity contribution in [2.75, 3.05) is 24.6 Å². The summed E-state index contributed by atoms with van der Waals surface area (Å²) in [5.74, 6) is 0.627. The van der Waals surface area contributed by atoms with Crippen molar-refractivity contribution >= 4 is 29.1 Å². The number of ether oxygens (including phenoxy) is 1. The lowest BCUT2D eigenvalue weighted by Crippen LogP contribution is -2.45. The van der Waals surface area contributed by atoms with Crippen LogP contribution in [-0.2, 0) is 16.1 Å². The van der Waals surface area contributed by atoms with Crippen LogP contribution in [0.4, 0.5) is 11.4 Å². The first-order valence-corrected chi connectivity index (χ1v) is 11.4. The number of aliphatic hydroxyl groups is 1. The third-order valence-electron chi connectivity index (χ3n) is 5.40. The number of fused-ring (bicyclic) bond motifs is 1. The quantitative estimate of drug-likeness (QED) is 0.462. The zero-order chi connectivity index (χ0) is 24.7. The van der Waals surface area contributed by atoms with E-state index in [1.54, 1.807) is 41.3 Å². The van der Waals surface area contributed by atoms with Crippen molar-refractivity contribution in [3.8, 4) is 5.75 Å². The van der Waals surface area contributed by atoms with E-state index in [0.29, 0.717) is 36.1 Å². The Balaban J connectivity index is 1.66. The maximum atomic E-state index is 12.8. The second-order valence-corrected chi connectivity index (χ2v) is 8.64. The highest BCUT2D eigenvalue weighted by Gasteiger charge is 2.24. The van der Waals surface area contributed by atoms with Crippen LogP contribution in [0.1, 0.15) is 32.8 Å². The number of carbonyl (C=O) groups is 2. The molecule has 0 bridgehead atoms. The number of hydrogen-bond acceptors (Lipinski definition) is 7. The number of nitrogens with two attached hydrogens (primary N) is 1. The Morgan fingerprint density at radius 1 is 1.18 bits per heavy atom. The third-order valence-corrected chi connectivity index (χ3v) is 5.40. The predicted molar refractivity (Wildman–Crippen MR) is 132 cm³/mol. The van der Waals surface area contributed by atoms with Crippen LogP contribution in [0, 0.1) is 5.92 Å². The van der Waals surface area contributed by atoms with Gasteiger partial charge in [0.25, 0.3) is 5.91 Å². The van der Waals surface area contributed by atoms with Crippen LogP contribution in [0.15, 0.2) is 53.5 Å². The number of para-hydroxylation sites is 2. The van der Waals surface area contributed by atoms with Crippen molar-refractivity contribution in [1.82, 2.24) is 10.2 Å². The molecule has 2 aromatic carbocycles. The molecule has 0 saturated carbocycles. The minimum atomic E-state index is -1.02. The standard InChI is InChI=1S/C25H33N5O4/c1-17(2)12-13-27-22(32)15-29-14-19-8-7-11-21(24(19)28-25(29)26)34-16-23(33)30(18(3)31)20-9-5-4-6-10-20/h4-11,17-18,31H,12-16H2,1-3H3,(H2,26,28)(H,27,32). The maximum absolute atomic E-state index is 12.8. The fourth-order valence-corrected chi connectivity index (χ4v) is 3.64. The Kier molecular flexibility index (Phi) is 8.48. The van der Waals surface area contributed by atoms with E-state index in [1.807, 2.05) is 12.1 Å². The van der Waals surface area contributed by atoms with E-state index in [0.717, 1.165) is 12.0 Å². The molecule has 0 saturated heterocycles. The van der Waals surface area contributed by atoms with Crippen LogP contribution in [-0.4, -0.2) is 53.7 Å². The van der Waals surface area contributed by atoms with Gasteiger partial charge in [-0.3, -0.25) is 14.5 Å². The van der Waals surface area contributed by atoms with Gasteiger partial charge in [0.2, 0.25) is 5.91 Å². The first kappa shape index (κ1) is 25.0. The van der Waals surface area contributed by atoms with Crippen LogP contribution >= 0.6 is 0 Å². The normalized spacial score (nSPS) is 13.7. The molecule has 1 aliphatic heterocycles. The van der Waals surface area contributed by atoms with E-state index in [9.17, 15) is 14.7 Å². The molecule has 0 aromatic heterocycles. The Morgan fingerprint density at radius 2 is 1.91 bits per heavy atom. The fraction of sp³-hybridized carbons (Fsp3) is 0.400. The van der Waals surface area contributed by atoms with Crippen LogP contribution < -0.4 is 20.7 Å². The van der Waals surface area contributed by atoms with E-state index < -0.39 is 12.1 Å². The Labute approximate surface area is 200 Å². The topological polar surface area (TPSA) is 120 Å². The molecule has 3 rings (SSSR count).